The number of Topliss-reactive ketones (excluding diaryl/α,β-unsaturated/α-hetero) is 1. The predicted octanol–water partition coefficient (Wildman–Crippen LogP) is 5.55. The van der Waals surface area contributed by atoms with Crippen molar-refractivity contribution in [2.24, 2.45) is 0 Å². The third-order valence-corrected chi connectivity index (χ3v) is 4.37. The molecule has 0 saturated heterocycles. The normalized spacial score (nSPS) is 13.0. The lowest BCUT2D eigenvalue weighted by atomic mass is 9.80. The van der Waals surface area contributed by atoms with Gasteiger partial charge in [-0.2, -0.15) is 0 Å². The molecule has 22 heavy (non-hydrogen) atoms. The van der Waals surface area contributed by atoms with E-state index in [4.69, 9.17) is 4.74 Å². The van der Waals surface area contributed by atoms with E-state index in [9.17, 15) is 4.79 Å². The summed E-state index contributed by atoms with van der Waals surface area (Å²) in [6, 6.07) is 4.46. The molecule has 0 aromatic heterocycles. The van der Waals surface area contributed by atoms with Gasteiger partial charge in [-0.05, 0) is 36.7 Å². The van der Waals surface area contributed by atoms with Crippen LogP contribution in [0.3, 0.4) is 0 Å². The number of carbonyl (C=O) groups is 1. The topological polar surface area (TPSA) is 26.3 Å². The first-order valence-electron chi connectivity index (χ1n) is 8.45. The van der Waals surface area contributed by atoms with Crippen LogP contribution in [0.5, 0.6) is 5.75 Å². The Morgan fingerprint density at radius 3 is 2.32 bits per heavy atom. The number of hydrogen-bond donors (Lipinski definition) is 0. The molecule has 1 aromatic rings. The molecule has 1 atom stereocenters. The molecule has 124 valence electrons. The van der Waals surface area contributed by atoms with Crippen molar-refractivity contribution in [1.29, 1.82) is 0 Å². The molecule has 0 saturated carbocycles. The van der Waals surface area contributed by atoms with Gasteiger partial charge in [-0.1, -0.05) is 52.3 Å². The Kier molecular flexibility index (Phi) is 6.65. The monoisotopic (exact) mass is 304 g/mol. The van der Waals surface area contributed by atoms with Gasteiger partial charge in [0.1, 0.15) is 11.5 Å². The Morgan fingerprint density at radius 1 is 1.23 bits per heavy atom. The van der Waals surface area contributed by atoms with E-state index in [-0.39, 0.29) is 5.41 Å². The van der Waals surface area contributed by atoms with Crippen LogP contribution in [0.15, 0.2) is 12.1 Å². The van der Waals surface area contributed by atoms with E-state index >= 15 is 0 Å². The van der Waals surface area contributed by atoms with Gasteiger partial charge < -0.3 is 4.74 Å². The smallest absolute Gasteiger partial charge is 0.132 e. The van der Waals surface area contributed by atoms with Crippen LogP contribution in [0.25, 0.3) is 0 Å². The molecule has 0 N–H and O–H groups in total. The number of benzene rings is 1. The quantitative estimate of drug-likeness (QED) is 0.659. The van der Waals surface area contributed by atoms with Gasteiger partial charge >= 0.3 is 0 Å². The SMILES string of the molecule is CCC(=O)CCC(CC)c1cc(C)cc(C(C)(C)C)c1OC. The zero-order valence-corrected chi connectivity index (χ0v) is 15.4. The highest BCUT2D eigenvalue weighted by Gasteiger charge is 2.25. The van der Waals surface area contributed by atoms with Gasteiger partial charge in [-0.25, -0.2) is 0 Å². The third kappa shape index (κ3) is 4.59. The Hall–Kier alpha value is -1.31. The first kappa shape index (κ1) is 18.7. The van der Waals surface area contributed by atoms with E-state index in [0.29, 0.717) is 24.5 Å². The van der Waals surface area contributed by atoms with E-state index in [1.165, 1.54) is 16.7 Å². The van der Waals surface area contributed by atoms with E-state index in [2.05, 4.69) is 46.8 Å². The predicted molar refractivity (Wildman–Crippen MR) is 94.0 cm³/mol. The van der Waals surface area contributed by atoms with Gasteiger partial charge in [0.25, 0.3) is 0 Å². The average Bonchev–Trinajstić information content (AvgIpc) is 2.46. The molecule has 1 rings (SSSR count). The van der Waals surface area contributed by atoms with E-state index < -0.39 is 0 Å². The second-order valence-electron chi connectivity index (χ2n) is 7.22. The highest BCUT2D eigenvalue weighted by Crippen LogP contribution is 2.40. The standard InChI is InChI=1S/C20H32O2/c1-8-15(10-11-16(21)9-2)17-12-14(3)13-18(19(17)22-7)20(4,5)6/h12-13,15H,8-11H2,1-7H3. The molecule has 1 aromatic carbocycles. The maximum Gasteiger partial charge on any atom is 0.132 e. The first-order valence-corrected chi connectivity index (χ1v) is 8.45. The Morgan fingerprint density at radius 2 is 1.86 bits per heavy atom. The van der Waals surface area contributed by atoms with Crippen molar-refractivity contribution >= 4 is 5.78 Å². The largest absolute Gasteiger partial charge is 0.496 e. The molecule has 1 unspecified atom stereocenters. The minimum absolute atomic E-state index is 0.0453. The van der Waals surface area contributed by atoms with Crippen molar-refractivity contribution in [3.8, 4) is 5.75 Å². The van der Waals surface area contributed by atoms with Crippen LogP contribution in [0.1, 0.15) is 82.9 Å². The van der Waals surface area contributed by atoms with Crippen LogP contribution >= 0.6 is 0 Å². The Balaban J connectivity index is 3.25. The summed E-state index contributed by atoms with van der Waals surface area (Å²) < 4.78 is 5.79. The summed E-state index contributed by atoms with van der Waals surface area (Å²) in [5.74, 6) is 1.74. The molecule has 0 aliphatic rings. The van der Waals surface area contributed by atoms with Gasteiger partial charge in [-0.3, -0.25) is 4.79 Å². The summed E-state index contributed by atoms with van der Waals surface area (Å²) in [7, 11) is 1.76. The number of ketones is 1. The van der Waals surface area contributed by atoms with Gasteiger partial charge in [0.2, 0.25) is 0 Å². The summed E-state index contributed by atoms with van der Waals surface area (Å²) in [5, 5.41) is 0. The Labute approximate surface area is 136 Å². The van der Waals surface area contributed by atoms with Crippen LogP contribution in [0.2, 0.25) is 0 Å². The van der Waals surface area contributed by atoms with Crippen molar-refractivity contribution in [3.05, 3.63) is 28.8 Å². The van der Waals surface area contributed by atoms with Crippen molar-refractivity contribution in [2.45, 2.75) is 78.6 Å². The lowest BCUT2D eigenvalue weighted by Gasteiger charge is -2.27. The third-order valence-electron chi connectivity index (χ3n) is 4.37. The zero-order valence-electron chi connectivity index (χ0n) is 15.4. The maximum atomic E-state index is 11.7. The lowest BCUT2D eigenvalue weighted by molar-refractivity contribution is -0.118. The summed E-state index contributed by atoms with van der Waals surface area (Å²) in [6.45, 7) is 12.9. The lowest BCUT2D eigenvalue weighted by Crippen LogP contribution is -2.15. The molecule has 0 spiro atoms. The molecule has 0 heterocycles. The molecular weight excluding hydrogens is 272 g/mol. The van der Waals surface area contributed by atoms with Crippen molar-refractivity contribution in [2.75, 3.05) is 7.11 Å². The van der Waals surface area contributed by atoms with Crippen LogP contribution in [-0.2, 0) is 10.2 Å². The number of rotatable bonds is 7. The molecule has 2 nitrogen and oxygen atoms in total. The summed E-state index contributed by atoms with van der Waals surface area (Å²) in [5.41, 5.74) is 3.83. The molecule has 0 bridgehead atoms. The highest BCUT2D eigenvalue weighted by atomic mass is 16.5. The van der Waals surface area contributed by atoms with Gasteiger partial charge in [0.15, 0.2) is 0 Å². The molecule has 0 radical (unpaired) electrons. The number of hydrogen-bond acceptors (Lipinski definition) is 2. The summed E-state index contributed by atoms with van der Waals surface area (Å²) >= 11 is 0. The minimum atomic E-state index is 0.0453. The van der Waals surface area contributed by atoms with Crippen LogP contribution < -0.4 is 4.74 Å². The van der Waals surface area contributed by atoms with Crippen molar-refractivity contribution < 1.29 is 9.53 Å². The molecule has 2 heteroatoms. The van der Waals surface area contributed by atoms with Crippen LogP contribution in [0, 0.1) is 6.92 Å². The van der Waals surface area contributed by atoms with Crippen LogP contribution in [-0.4, -0.2) is 12.9 Å². The van der Waals surface area contributed by atoms with Gasteiger partial charge in [0, 0.05) is 18.4 Å². The zero-order chi connectivity index (χ0) is 16.9. The fourth-order valence-corrected chi connectivity index (χ4v) is 2.98. The highest BCUT2D eigenvalue weighted by molar-refractivity contribution is 5.78. The molecule has 0 aliphatic heterocycles. The van der Waals surface area contributed by atoms with E-state index in [0.717, 1.165) is 18.6 Å². The maximum absolute atomic E-state index is 11.7. The average molecular weight is 304 g/mol. The number of ether oxygens (including phenoxy) is 1. The van der Waals surface area contributed by atoms with Crippen LogP contribution in [0.4, 0.5) is 0 Å². The fourth-order valence-electron chi connectivity index (χ4n) is 2.98. The Bertz CT molecular complexity index is 509. The second kappa shape index (κ2) is 7.80. The summed E-state index contributed by atoms with van der Waals surface area (Å²) in [4.78, 5) is 11.7. The second-order valence-corrected chi connectivity index (χ2v) is 7.22. The first-order chi connectivity index (χ1) is 10.2. The molecule has 0 aliphatic carbocycles. The summed E-state index contributed by atoms with van der Waals surface area (Å²) in [6.07, 6.45) is 3.23. The minimum Gasteiger partial charge on any atom is -0.496 e. The fraction of sp³-hybridized carbons (Fsp3) is 0.650. The molecule has 0 amide bonds. The molecule has 0 fully saturated rings. The van der Waals surface area contributed by atoms with Crippen molar-refractivity contribution in [1.82, 2.24) is 0 Å². The van der Waals surface area contributed by atoms with Gasteiger partial charge in [0.05, 0.1) is 7.11 Å². The van der Waals surface area contributed by atoms with E-state index in [1.807, 2.05) is 6.92 Å². The molecular formula is C20H32O2. The van der Waals surface area contributed by atoms with Gasteiger partial charge in [-0.15, -0.1) is 0 Å². The number of methoxy groups -OCH3 is 1. The van der Waals surface area contributed by atoms with E-state index in [1.54, 1.807) is 7.11 Å². The van der Waals surface area contributed by atoms with Crippen molar-refractivity contribution in [3.63, 3.8) is 0 Å². The number of carbonyl (C=O) groups excluding carboxylic acids is 1. The number of aryl methyl sites for hydroxylation is 1.